The molecule has 1 saturated heterocycles. The van der Waals surface area contributed by atoms with Crippen LogP contribution in [0.5, 0.6) is 5.75 Å². The highest BCUT2D eigenvalue weighted by atomic mass is 16.5. The summed E-state index contributed by atoms with van der Waals surface area (Å²) in [4.78, 5) is 26.1. The van der Waals surface area contributed by atoms with E-state index in [4.69, 9.17) is 4.74 Å². The van der Waals surface area contributed by atoms with E-state index in [-0.39, 0.29) is 12.0 Å². The third-order valence-corrected chi connectivity index (χ3v) is 3.82. The van der Waals surface area contributed by atoms with Crippen molar-refractivity contribution in [3.8, 4) is 5.75 Å². The van der Waals surface area contributed by atoms with Crippen LogP contribution in [0.2, 0.25) is 0 Å². The van der Waals surface area contributed by atoms with Gasteiger partial charge in [0, 0.05) is 44.0 Å². The van der Waals surface area contributed by atoms with Crippen LogP contribution in [0.4, 0.5) is 5.95 Å². The van der Waals surface area contributed by atoms with Crippen LogP contribution < -0.4 is 15.0 Å². The molecule has 126 valence electrons. The fourth-order valence-corrected chi connectivity index (χ4v) is 2.63. The molecule has 7 heteroatoms. The molecule has 0 bridgehead atoms. The molecule has 3 heterocycles. The standard InChI is InChI=1S/C17H21N5O2/c1-12-3-6-19-17(21-12)22-8-5-16(11-22)24-15-4-7-18-14(9-15)10-20-13(2)23/h3-4,6-7,9,16H,5,8,10-11H2,1-2H3,(H,20,23). The Labute approximate surface area is 141 Å². The molecule has 0 spiro atoms. The largest absolute Gasteiger partial charge is 0.488 e. The summed E-state index contributed by atoms with van der Waals surface area (Å²) >= 11 is 0. The number of carbonyl (C=O) groups is 1. The molecule has 0 aliphatic carbocycles. The summed E-state index contributed by atoms with van der Waals surface area (Å²) in [5.41, 5.74) is 1.74. The van der Waals surface area contributed by atoms with Gasteiger partial charge in [-0.1, -0.05) is 0 Å². The Morgan fingerprint density at radius 1 is 1.38 bits per heavy atom. The van der Waals surface area contributed by atoms with Gasteiger partial charge in [0.2, 0.25) is 11.9 Å². The molecule has 1 N–H and O–H groups in total. The number of rotatable bonds is 5. The Morgan fingerprint density at radius 3 is 3.00 bits per heavy atom. The average Bonchev–Trinajstić information content (AvgIpc) is 3.02. The molecular formula is C17H21N5O2. The van der Waals surface area contributed by atoms with Crippen LogP contribution in [-0.2, 0) is 11.3 Å². The number of aromatic nitrogens is 3. The van der Waals surface area contributed by atoms with Crippen molar-refractivity contribution in [1.29, 1.82) is 0 Å². The van der Waals surface area contributed by atoms with E-state index in [1.807, 2.05) is 25.1 Å². The van der Waals surface area contributed by atoms with Crippen molar-refractivity contribution < 1.29 is 9.53 Å². The molecule has 1 aliphatic heterocycles. The van der Waals surface area contributed by atoms with Crippen LogP contribution in [0.25, 0.3) is 0 Å². The Bertz CT molecular complexity index is 722. The fourth-order valence-electron chi connectivity index (χ4n) is 2.63. The maximum atomic E-state index is 11.0. The summed E-state index contributed by atoms with van der Waals surface area (Å²) in [7, 11) is 0. The fraction of sp³-hybridized carbons (Fsp3) is 0.412. The Hall–Kier alpha value is -2.70. The van der Waals surface area contributed by atoms with Gasteiger partial charge in [0.05, 0.1) is 18.8 Å². The number of nitrogens with one attached hydrogen (secondary N) is 1. The highest BCUT2D eigenvalue weighted by Gasteiger charge is 2.26. The van der Waals surface area contributed by atoms with Crippen LogP contribution in [0.1, 0.15) is 24.7 Å². The molecule has 3 rings (SSSR count). The lowest BCUT2D eigenvalue weighted by Crippen LogP contribution is -2.26. The van der Waals surface area contributed by atoms with Gasteiger partial charge in [-0.2, -0.15) is 0 Å². The van der Waals surface area contributed by atoms with Crippen molar-refractivity contribution in [2.75, 3.05) is 18.0 Å². The number of nitrogens with zero attached hydrogens (tertiary/aromatic N) is 4. The van der Waals surface area contributed by atoms with Gasteiger partial charge in [-0.05, 0) is 19.1 Å². The quantitative estimate of drug-likeness (QED) is 0.896. The number of pyridine rings is 1. The topological polar surface area (TPSA) is 80.2 Å². The number of carbonyl (C=O) groups excluding carboxylic acids is 1. The number of amides is 1. The summed E-state index contributed by atoms with van der Waals surface area (Å²) in [6.07, 6.45) is 4.48. The lowest BCUT2D eigenvalue weighted by Gasteiger charge is -2.17. The molecule has 0 saturated carbocycles. The number of anilines is 1. The Morgan fingerprint density at radius 2 is 2.21 bits per heavy atom. The molecule has 1 fully saturated rings. The molecule has 2 aromatic rings. The molecule has 1 unspecified atom stereocenters. The second kappa shape index (κ2) is 7.25. The van der Waals surface area contributed by atoms with Crippen LogP contribution in [0.3, 0.4) is 0 Å². The maximum absolute atomic E-state index is 11.0. The van der Waals surface area contributed by atoms with Crippen molar-refractivity contribution >= 4 is 11.9 Å². The molecule has 1 amide bonds. The molecule has 0 radical (unpaired) electrons. The minimum Gasteiger partial charge on any atom is -0.488 e. The number of hydrogen-bond donors (Lipinski definition) is 1. The van der Waals surface area contributed by atoms with E-state index in [2.05, 4.69) is 25.2 Å². The van der Waals surface area contributed by atoms with Crippen LogP contribution in [0.15, 0.2) is 30.6 Å². The van der Waals surface area contributed by atoms with Gasteiger partial charge in [0.15, 0.2) is 0 Å². The monoisotopic (exact) mass is 327 g/mol. The van der Waals surface area contributed by atoms with Crippen molar-refractivity contribution in [3.63, 3.8) is 0 Å². The van der Waals surface area contributed by atoms with Crippen molar-refractivity contribution in [1.82, 2.24) is 20.3 Å². The second-order valence-corrected chi connectivity index (χ2v) is 5.87. The first kappa shape index (κ1) is 16.2. The minimum atomic E-state index is -0.0762. The first-order chi connectivity index (χ1) is 11.6. The number of hydrogen-bond acceptors (Lipinski definition) is 6. The van der Waals surface area contributed by atoms with E-state index in [0.717, 1.165) is 42.6 Å². The van der Waals surface area contributed by atoms with Crippen molar-refractivity contribution in [3.05, 3.63) is 42.0 Å². The van der Waals surface area contributed by atoms with Gasteiger partial charge >= 0.3 is 0 Å². The average molecular weight is 327 g/mol. The summed E-state index contributed by atoms with van der Waals surface area (Å²) in [5, 5.41) is 2.73. The van der Waals surface area contributed by atoms with Crippen LogP contribution >= 0.6 is 0 Å². The third kappa shape index (κ3) is 4.18. The summed E-state index contributed by atoms with van der Waals surface area (Å²) in [6, 6.07) is 5.59. The first-order valence-corrected chi connectivity index (χ1v) is 8.01. The number of aryl methyl sites for hydroxylation is 1. The predicted molar refractivity (Wildman–Crippen MR) is 89.8 cm³/mol. The predicted octanol–water partition coefficient (Wildman–Crippen LogP) is 1.47. The van der Waals surface area contributed by atoms with Gasteiger partial charge in [0.1, 0.15) is 11.9 Å². The summed E-state index contributed by atoms with van der Waals surface area (Å²) in [5.74, 6) is 1.44. The van der Waals surface area contributed by atoms with Gasteiger partial charge in [0.25, 0.3) is 0 Å². The Balaban J connectivity index is 1.59. The number of ether oxygens (including phenoxy) is 1. The zero-order valence-electron chi connectivity index (χ0n) is 13.9. The van der Waals surface area contributed by atoms with Crippen molar-refractivity contribution in [2.45, 2.75) is 32.9 Å². The lowest BCUT2D eigenvalue weighted by atomic mass is 10.3. The zero-order valence-corrected chi connectivity index (χ0v) is 13.9. The van der Waals surface area contributed by atoms with E-state index in [1.54, 1.807) is 12.4 Å². The van der Waals surface area contributed by atoms with Gasteiger partial charge in [-0.3, -0.25) is 9.78 Å². The third-order valence-electron chi connectivity index (χ3n) is 3.82. The molecule has 7 nitrogen and oxygen atoms in total. The molecule has 1 atom stereocenters. The van der Waals surface area contributed by atoms with E-state index >= 15 is 0 Å². The van der Waals surface area contributed by atoms with Gasteiger partial charge < -0.3 is 15.0 Å². The molecule has 24 heavy (non-hydrogen) atoms. The summed E-state index contributed by atoms with van der Waals surface area (Å²) in [6.45, 7) is 5.48. The molecular weight excluding hydrogens is 306 g/mol. The second-order valence-electron chi connectivity index (χ2n) is 5.87. The highest BCUT2D eigenvalue weighted by molar-refractivity contribution is 5.72. The first-order valence-electron chi connectivity index (χ1n) is 8.01. The SMILES string of the molecule is CC(=O)NCc1cc(OC2CCN(c3nccc(C)n3)C2)ccn1. The minimum absolute atomic E-state index is 0.0762. The van der Waals surface area contributed by atoms with E-state index in [1.165, 1.54) is 6.92 Å². The molecule has 0 aromatic carbocycles. The van der Waals surface area contributed by atoms with E-state index in [0.29, 0.717) is 6.54 Å². The zero-order chi connectivity index (χ0) is 16.9. The van der Waals surface area contributed by atoms with Gasteiger partial charge in [-0.25, -0.2) is 9.97 Å². The normalized spacial score (nSPS) is 16.9. The highest BCUT2D eigenvalue weighted by Crippen LogP contribution is 2.21. The summed E-state index contributed by atoms with van der Waals surface area (Å²) < 4.78 is 6.05. The van der Waals surface area contributed by atoms with E-state index < -0.39 is 0 Å². The lowest BCUT2D eigenvalue weighted by molar-refractivity contribution is -0.119. The maximum Gasteiger partial charge on any atom is 0.225 e. The van der Waals surface area contributed by atoms with E-state index in [9.17, 15) is 4.79 Å². The molecule has 1 aliphatic rings. The van der Waals surface area contributed by atoms with Crippen LogP contribution in [-0.4, -0.2) is 40.1 Å². The molecule has 2 aromatic heterocycles. The van der Waals surface area contributed by atoms with Gasteiger partial charge in [-0.15, -0.1) is 0 Å². The van der Waals surface area contributed by atoms with Crippen molar-refractivity contribution in [2.24, 2.45) is 0 Å². The van der Waals surface area contributed by atoms with Crippen LogP contribution in [0, 0.1) is 6.92 Å². The Kier molecular flexibility index (Phi) is 4.88. The smallest absolute Gasteiger partial charge is 0.225 e.